The van der Waals surface area contributed by atoms with Gasteiger partial charge >= 0.3 is 11.7 Å². The van der Waals surface area contributed by atoms with Crippen LogP contribution in [0.15, 0.2) is 27.8 Å². The number of carboxylic acid groups (broad SMARTS) is 1. The highest BCUT2D eigenvalue weighted by Gasteiger charge is 2.18. The first-order valence-corrected chi connectivity index (χ1v) is 9.13. The Morgan fingerprint density at radius 2 is 1.86 bits per heavy atom. The largest absolute Gasteiger partial charge is 0.496 e. The van der Waals surface area contributed by atoms with E-state index in [0.717, 1.165) is 0 Å². The minimum atomic E-state index is -1.04. The number of nitrogens with zero attached hydrogens (tertiary/aromatic N) is 4. The first-order chi connectivity index (χ1) is 13.8. The van der Waals surface area contributed by atoms with Gasteiger partial charge in [-0.15, -0.1) is 0 Å². The Kier molecular flexibility index (Phi) is 5.40. The van der Waals surface area contributed by atoms with Crippen LogP contribution in [0.2, 0.25) is 0 Å². The van der Waals surface area contributed by atoms with E-state index in [1.165, 1.54) is 28.4 Å². The van der Waals surface area contributed by atoms with Crippen LogP contribution in [0.25, 0.3) is 23.3 Å². The summed E-state index contributed by atoms with van der Waals surface area (Å²) in [5.74, 6) is -0.158. The zero-order valence-corrected chi connectivity index (χ0v) is 16.7. The molecule has 0 aliphatic rings. The van der Waals surface area contributed by atoms with E-state index in [-0.39, 0.29) is 23.4 Å². The molecule has 1 aromatic carbocycles. The highest BCUT2D eigenvalue weighted by molar-refractivity contribution is 5.89. The van der Waals surface area contributed by atoms with Crippen molar-refractivity contribution in [2.45, 2.75) is 26.9 Å². The fourth-order valence-corrected chi connectivity index (χ4v) is 3.24. The lowest BCUT2D eigenvalue weighted by molar-refractivity contribution is 0.0696. The van der Waals surface area contributed by atoms with E-state index in [0.29, 0.717) is 34.8 Å². The average molecular weight is 398 g/mol. The molecule has 3 aromatic rings. The van der Waals surface area contributed by atoms with Crippen molar-refractivity contribution in [3.8, 4) is 5.75 Å². The highest BCUT2D eigenvalue weighted by Crippen LogP contribution is 2.23. The Balaban J connectivity index is 2.16. The zero-order valence-electron chi connectivity index (χ0n) is 16.7. The molecule has 0 atom stereocenters. The van der Waals surface area contributed by atoms with Gasteiger partial charge in [0.15, 0.2) is 11.2 Å². The summed E-state index contributed by atoms with van der Waals surface area (Å²) in [4.78, 5) is 40.9. The highest BCUT2D eigenvalue weighted by atomic mass is 16.5. The molecule has 3 rings (SSSR count). The molecule has 2 aromatic heterocycles. The van der Waals surface area contributed by atoms with Gasteiger partial charge < -0.3 is 14.4 Å². The van der Waals surface area contributed by atoms with Crippen LogP contribution in [-0.2, 0) is 20.1 Å². The number of carboxylic acids is 1. The quantitative estimate of drug-likeness (QED) is 0.678. The summed E-state index contributed by atoms with van der Waals surface area (Å²) in [5, 5.41) is 9.11. The van der Waals surface area contributed by atoms with Gasteiger partial charge in [0, 0.05) is 25.7 Å². The maximum absolute atomic E-state index is 12.7. The number of hydrogen-bond acceptors (Lipinski definition) is 5. The van der Waals surface area contributed by atoms with E-state index in [2.05, 4.69) is 4.98 Å². The predicted molar refractivity (Wildman–Crippen MR) is 109 cm³/mol. The molecule has 9 heteroatoms. The number of carbonyl (C=O) groups is 1. The standard InChI is InChI=1S/C20H22N4O5/c1-5-23-17-16(18(25)24(6-2)20(23)28)22(3)15(21-17)10-9-12-7-8-13(19(26)27)11-14(12)29-4/h7-11H,5-6H2,1-4H3,(H,26,27). The number of hydrogen-bond donors (Lipinski definition) is 1. The second-order valence-electron chi connectivity index (χ2n) is 6.37. The molecule has 1 N–H and O–H groups in total. The van der Waals surface area contributed by atoms with E-state index in [1.807, 2.05) is 6.92 Å². The fourth-order valence-electron chi connectivity index (χ4n) is 3.24. The number of rotatable bonds is 6. The van der Waals surface area contributed by atoms with E-state index in [9.17, 15) is 14.4 Å². The Hall–Kier alpha value is -3.62. The molecule has 2 heterocycles. The zero-order chi connectivity index (χ0) is 21.3. The molecule has 0 amide bonds. The lowest BCUT2D eigenvalue weighted by Crippen LogP contribution is -2.39. The molecular weight excluding hydrogens is 376 g/mol. The van der Waals surface area contributed by atoms with Crippen LogP contribution >= 0.6 is 0 Å². The molecule has 152 valence electrons. The number of fused-ring (bicyclic) bond motifs is 1. The summed E-state index contributed by atoms with van der Waals surface area (Å²) < 4.78 is 9.58. The molecule has 0 spiro atoms. The molecule has 0 fully saturated rings. The average Bonchev–Trinajstić information content (AvgIpc) is 3.03. The van der Waals surface area contributed by atoms with Crippen LogP contribution in [0.4, 0.5) is 0 Å². The number of ether oxygens (including phenoxy) is 1. The van der Waals surface area contributed by atoms with Crippen LogP contribution < -0.4 is 16.0 Å². The second-order valence-corrected chi connectivity index (χ2v) is 6.37. The second kappa shape index (κ2) is 7.78. The van der Waals surface area contributed by atoms with Crippen molar-refractivity contribution in [2.75, 3.05) is 7.11 Å². The number of aryl methyl sites for hydroxylation is 2. The monoisotopic (exact) mass is 398 g/mol. The SMILES string of the molecule is CCn1c(=O)c2c(nc(C=Cc3ccc(C(=O)O)cc3OC)n2C)n(CC)c1=O. The van der Waals surface area contributed by atoms with Gasteiger partial charge in [-0.2, -0.15) is 0 Å². The molecule has 0 aliphatic carbocycles. The predicted octanol–water partition coefficient (Wildman–Crippen LogP) is 1.81. The Morgan fingerprint density at radius 3 is 2.45 bits per heavy atom. The van der Waals surface area contributed by atoms with Crippen LogP contribution in [0.5, 0.6) is 5.75 Å². The Labute approximate surface area is 166 Å². The Bertz CT molecular complexity index is 1250. The van der Waals surface area contributed by atoms with Crippen LogP contribution in [0.1, 0.15) is 35.6 Å². The number of aromatic nitrogens is 4. The number of aromatic carboxylic acids is 1. The van der Waals surface area contributed by atoms with E-state index >= 15 is 0 Å². The molecule has 0 saturated carbocycles. The summed E-state index contributed by atoms with van der Waals surface area (Å²) in [6.45, 7) is 4.24. The maximum Gasteiger partial charge on any atom is 0.335 e. The third kappa shape index (κ3) is 3.35. The van der Waals surface area contributed by atoms with Crippen molar-refractivity contribution in [3.05, 3.63) is 56.0 Å². The minimum Gasteiger partial charge on any atom is -0.496 e. The molecule has 0 saturated heterocycles. The molecule has 0 unspecified atom stereocenters. The normalized spacial score (nSPS) is 11.4. The van der Waals surface area contributed by atoms with Gasteiger partial charge in [-0.1, -0.05) is 6.07 Å². The molecule has 0 bridgehead atoms. The van der Waals surface area contributed by atoms with Crippen molar-refractivity contribution < 1.29 is 14.6 Å². The lowest BCUT2D eigenvalue weighted by Gasteiger charge is -2.08. The van der Waals surface area contributed by atoms with E-state index in [4.69, 9.17) is 9.84 Å². The minimum absolute atomic E-state index is 0.119. The molecule has 29 heavy (non-hydrogen) atoms. The first kappa shape index (κ1) is 20.1. The third-order valence-corrected chi connectivity index (χ3v) is 4.80. The van der Waals surface area contributed by atoms with Crippen molar-refractivity contribution in [1.82, 2.24) is 18.7 Å². The summed E-state index contributed by atoms with van der Waals surface area (Å²) in [7, 11) is 3.17. The van der Waals surface area contributed by atoms with Crippen molar-refractivity contribution in [2.24, 2.45) is 7.05 Å². The molecular formula is C20H22N4O5. The van der Waals surface area contributed by atoms with Crippen molar-refractivity contribution in [1.29, 1.82) is 0 Å². The van der Waals surface area contributed by atoms with Gasteiger partial charge in [0.1, 0.15) is 11.6 Å². The topological polar surface area (TPSA) is 108 Å². The van der Waals surface area contributed by atoms with Crippen molar-refractivity contribution >= 4 is 29.3 Å². The summed E-state index contributed by atoms with van der Waals surface area (Å²) in [6.07, 6.45) is 3.41. The van der Waals surface area contributed by atoms with Gasteiger partial charge in [0.25, 0.3) is 5.56 Å². The fraction of sp³-hybridized carbons (Fsp3) is 0.300. The summed E-state index contributed by atoms with van der Waals surface area (Å²) in [6, 6.07) is 4.55. The summed E-state index contributed by atoms with van der Waals surface area (Å²) in [5.41, 5.74) is 0.697. The molecule has 0 radical (unpaired) electrons. The number of benzene rings is 1. The number of methoxy groups -OCH3 is 1. The number of imidazole rings is 1. The first-order valence-electron chi connectivity index (χ1n) is 9.13. The Morgan fingerprint density at radius 1 is 1.17 bits per heavy atom. The van der Waals surface area contributed by atoms with Gasteiger partial charge in [-0.3, -0.25) is 13.9 Å². The maximum atomic E-state index is 12.7. The smallest absolute Gasteiger partial charge is 0.335 e. The molecule has 9 nitrogen and oxygen atoms in total. The van der Waals surface area contributed by atoms with Crippen LogP contribution in [0, 0.1) is 0 Å². The third-order valence-electron chi connectivity index (χ3n) is 4.80. The van der Waals surface area contributed by atoms with Crippen molar-refractivity contribution in [3.63, 3.8) is 0 Å². The molecule has 0 aliphatic heterocycles. The summed E-state index contributed by atoms with van der Waals surface area (Å²) >= 11 is 0. The van der Waals surface area contributed by atoms with Gasteiger partial charge in [-0.25, -0.2) is 14.6 Å². The van der Waals surface area contributed by atoms with E-state index < -0.39 is 5.97 Å². The lowest BCUT2D eigenvalue weighted by atomic mass is 10.1. The van der Waals surface area contributed by atoms with Gasteiger partial charge in [-0.05, 0) is 38.1 Å². The van der Waals surface area contributed by atoms with Gasteiger partial charge in [0.05, 0.1) is 12.7 Å². The van der Waals surface area contributed by atoms with Crippen LogP contribution in [0.3, 0.4) is 0 Å². The van der Waals surface area contributed by atoms with Gasteiger partial charge in [0.2, 0.25) is 0 Å². The van der Waals surface area contributed by atoms with E-state index in [1.54, 1.807) is 36.8 Å². The van der Waals surface area contributed by atoms with Crippen LogP contribution in [-0.4, -0.2) is 36.9 Å².